The van der Waals surface area contributed by atoms with Gasteiger partial charge in [-0.25, -0.2) is 0 Å². The largest absolute Gasteiger partial charge is 0.503 e. The predicted molar refractivity (Wildman–Crippen MR) is 81.8 cm³/mol. The third kappa shape index (κ3) is 3.45. The van der Waals surface area contributed by atoms with Crippen molar-refractivity contribution in [1.82, 2.24) is 4.57 Å². The van der Waals surface area contributed by atoms with Gasteiger partial charge in [-0.2, -0.15) is 0 Å². The van der Waals surface area contributed by atoms with Gasteiger partial charge in [0.1, 0.15) is 11.5 Å². The van der Waals surface area contributed by atoms with Gasteiger partial charge in [0.2, 0.25) is 5.43 Å². The molecular weight excluding hydrogens is 270 g/mol. The van der Waals surface area contributed by atoms with Crippen molar-refractivity contribution in [3.63, 3.8) is 0 Å². The zero-order valence-electron chi connectivity index (χ0n) is 12.2. The minimum absolute atomic E-state index is 0.266. The summed E-state index contributed by atoms with van der Waals surface area (Å²) in [6.07, 6.45) is 5.01. The molecule has 0 aliphatic carbocycles. The first-order chi connectivity index (χ1) is 10.0. The van der Waals surface area contributed by atoms with Gasteiger partial charge in [0.15, 0.2) is 5.75 Å². The first-order valence-electron chi connectivity index (χ1n) is 6.34. The number of ether oxygens (including phenoxy) is 2. The number of rotatable bonds is 4. The summed E-state index contributed by atoms with van der Waals surface area (Å²) in [6, 6.07) is 6.88. The van der Waals surface area contributed by atoms with Crippen LogP contribution in [0.15, 0.2) is 35.3 Å². The zero-order chi connectivity index (χ0) is 15.4. The molecule has 0 atom stereocenters. The Balaban J connectivity index is 2.37. The highest BCUT2D eigenvalue weighted by atomic mass is 16.5. The number of nitrogens with zero attached hydrogens (tertiary/aromatic N) is 1. The maximum atomic E-state index is 11.5. The summed E-state index contributed by atoms with van der Waals surface area (Å²) in [5.41, 5.74) is 1.15. The highest BCUT2D eigenvalue weighted by Gasteiger charge is 2.02. The maximum Gasteiger partial charge on any atom is 0.223 e. The fraction of sp³-hybridized carbons (Fsp3) is 0.188. The van der Waals surface area contributed by atoms with E-state index in [4.69, 9.17) is 9.47 Å². The van der Waals surface area contributed by atoms with Crippen molar-refractivity contribution in [2.45, 2.75) is 0 Å². The summed E-state index contributed by atoms with van der Waals surface area (Å²) < 4.78 is 12.1. The summed E-state index contributed by atoms with van der Waals surface area (Å²) in [7, 11) is 4.93. The standard InChI is InChI=1S/C16H17NO4/c1-17-10-16(19)15(18)8-12(17)5-4-11-6-13(20-2)9-14(7-11)21-3/h4-10,19H,1-3H3/b5-4+. The molecular formula is C16H17NO4. The van der Waals surface area contributed by atoms with Gasteiger partial charge < -0.3 is 19.1 Å². The van der Waals surface area contributed by atoms with Crippen LogP contribution >= 0.6 is 0 Å². The molecule has 0 saturated carbocycles. The number of hydrogen-bond donors (Lipinski definition) is 1. The van der Waals surface area contributed by atoms with Crippen LogP contribution in [-0.4, -0.2) is 23.9 Å². The molecule has 1 aromatic heterocycles. The van der Waals surface area contributed by atoms with Gasteiger partial charge in [-0.3, -0.25) is 4.79 Å². The molecule has 0 fully saturated rings. The number of pyridine rings is 1. The number of aromatic nitrogens is 1. The molecule has 5 nitrogen and oxygen atoms in total. The Kier molecular flexibility index (Phi) is 4.33. The van der Waals surface area contributed by atoms with E-state index in [1.165, 1.54) is 12.3 Å². The van der Waals surface area contributed by atoms with Crippen LogP contribution in [0.1, 0.15) is 11.3 Å². The normalized spacial score (nSPS) is 10.8. The molecule has 1 N–H and O–H groups in total. The molecule has 21 heavy (non-hydrogen) atoms. The topological polar surface area (TPSA) is 60.7 Å². The van der Waals surface area contributed by atoms with Gasteiger partial charge >= 0.3 is 0 Å². The molecule has 2 rings (SSSR count). The monoisotopic (exact) mass is 287 g/mol. The van der Waals surface area contributed by atoms with Crippen LogP contribution in [0.3, 0.4) is 0 Å². The molecule has 5 heteroatoms. The lowest BCUT2D eigenvalue weighted by Gasteiger charge is -2.07. The maximum absolute atomic E-state index is 11.5. The van der Waals surface area contributed by atoms with Crippen molar-refractivity contribution in [3.05, 3.63) is 51.9 Å². The van der Waals surface area contributed by atoms with Crippen LogP contribution in [0.2, 0.25) is 0 Å². The van der Waals surface area contributed by atoms with Crippen molar-refractivity contribution in [2.75, 3.05) is 14.2 Å². The van der Waals surface area contributed by atoms with Crippen molar-refractivity contribution in [1.29, 1.82) is 0 Å². The molecule has 0 aliphatic rings. The molecule has 110 valence electrons. The van der Waals surface area contributed by atoms with Crippen LogP contribution in [0.5, 0.6) is 17.2 Å². The first-order valence-corrected chi connectivity index (χ1v) is 6.34. The Morgan fingerprint density at radius 2 is 1.67 bits per heavy atom. The Morgan fingerprint density at radius 3 is 2.24 bits per heavy atom. The van der Waals surface area contributed by atoms with E-state index in [-0.39, 0.29) is 5.75 Å². The Hall–Kier alpha value is -2.69. The molecule has 0 amide bonds. The van der Waals surface area contributed by atoms with Gasteiger partial charge in [0.05, 0.1) is 14.2 Å². The van der Waals surface area contributed by atoms with Crippen molar-refractivity contribution >= 4 is 12.2 Å². The van der Waals surface area contributed by atoms with Gasteiger partial charge in [-0.1, -0.05) is 6.08 Å². The first kappa shape index (κ1) is 14.7. The highest BCUT2D eigenvalue weighted by Crippen LogP contribution is 2.23. The second-order valence-corrected chi connectivity index (χ2v) is 4.54. The second kappa shape index (κ2) is 6.17. The molecule has 2 aromatic rings. The van der Waals surface area contributed by atoms with Crippen LogP contribution < -0.4 is 14.9 Å². The summed E-state index contributed by atoms with van der Waals surface area (Å²) in [5, 5.41) is 9.36. The van der Waals surface area contributed by atoms with E-state index in [2.05, 4.69) is 0 Å². The van der Waals surface area contributed by atoms with E-state index in [1.807, 2.05) is 18.2 Å². The quantitative estimate of drug-likeness (QED) is 0.937. The second-order valence-electron chi connectivity index (χ2n) is 4.54. The summed E-state index contributed by atoms with van der Waals surface area (Å²) in [4.78, 5) is 11.5. The molecule has 0 radical (unpaired) electrons. The van der Waals surface area contributed by atoms with Gasteiger partial charge in [-0.15, -0.1) is 0 Å². The average Bonchev–Trinajstić information content (AvgIpc) is 2.49. The lowest BCUT2D eigenvalue weighted by atomic mass is 10.1. The molecule has 0 bridgehead atoms. The van der Waals surface area contributed by atoms with E-state index in [9.17, 15) is 9.90 Å². The van der Waals surface area contributed by atoms with Gasteiger partial charge in [0, 0.05) is 31.1 Å². The number of benzene rings is 1. The molecule has 0 saturated heterocycles. The van der Waals surface area contributed by atoms with E-state index < -0.39 is 5.43 Å². The molecule has 0 spiro atoms. The third-order valence-electron chi connectivity index (χ3n) is 3.07. The van der Waals surface area contributed by atoms with Gasteiger partial charge in [-0.05, 0) is 23.8 Å². The number of methoxy groups -OCH3 is 2. The minimum atomic E-state index is -0.407. The number of aromatic hydroxyl groups is 1. The Bertz CT molecular complexity index is 709. The molecule has 1 aromatic carbocycles. The predicted octanol–water partition coefficient (Wildman–Crippen LogP) is 2.28. The van der Waals surface area contributed by atoms with E-state index in [0.717, 1.165) is 5.56 Å². The van der Waals surface area contributed by atoms with Crippen LogP contribution in [0, 0.1) is 0 Å². The Labute approximate surface area is 122 Å². The molecule has 1 heterocycles. The lowest BCUT2D eigenvalue weighted by molar-refractivity contribution is 0.394. The van der Waals surface area contributed by atoms with Gasteiger partial charge in [0.25, 0.3) is 0 Å². The van der Waals surface area contributed by atoms with E-state index >= 15 is 0 Å². The SMILES string of the molecule is COc1cc(/C=C/c2cc(=O)c(O)cn2C)cc(OC)c1. The van der Waals surface area contributed by atoms with Crippen molar-refractivity contribution in [3.8, 4) is 17.2 Å². The number of hydrogen-bond acceptors (Lipinski definition) is 4. The fourth-order valence-corrected chi connectivity index (χ4v) is 1.90. The third-order valence-corrected chi connectivity index (χ3v) is 3.07. The van der Waals surface area contributed by atoms with Crippen molar-refractivity contribution in [2.24, 2.45) is 7.05 Å². The average molecular weight is 287 g/mol. The van der Waals surface area contributed by atoms with Crippen LogP contribution in [0.25, 0.3) is 12.2 Å². The molecule has 0 aliphatic heterocycles. The summed E-state index contributed by atoms with van der Waals surface area (Å²) in [6.45, 7) is 0. The number of aryl methyl sites for hydroxylation is 1. The summed E-state index contributed by atoms with van der Waals surface area (Å²) >= 11 is 0. The van der Waals surface area contributed by atoms with Crippen LogP contribution in [-0.2, 0) is 7.05 Å². The summed E-state index contributed by atoms with van der Waals surface area (Å²) in [5.74, 6) is 1.11. The van der Waals surface area contributed by atoms with E-state index in [1.54, 1.807) is 38.0 Å². The van der Waals surface area contributed by atoms with E-state index in [0.29, 0.717) is 17.2 Å². The minimum Gasteiger partial charge on any atom is -0.503 e. The molecule has 0 unspecified atom stereocenters. The van der Waals surface area contributed by atoms with Crippen LogP contribution in [0.4, 0.5) is 0 Å². The fourth-order valence-electron chi connectivity index (χ4n) is 1.90. The smallest absolute Gasteiger partial charge is 0.223 e. The zero-order valence-corrected chi connectivity index (χ0v) is 12.2. The van der Waals surface area contributed by atoms with Crippen molar-refractivity contribution < 1.29 is 14.6 Å². The Morgan fingerprint density at radius 1 is 1.05 bits per heavy atom. The highest BCUT2D eigenvalue weighted by molar-refractivity contribution is 5.70. The lowest BCUT2D eigenvalue weighted by Crippen LogP contribution is -2.06.